The number of piperidine rings is 1. The Bertz CT molecular complexity index is 422. The lowest BCUT2D eigenvalue weighted by Gasteiger charge is -2.29. The van der Waals surface area contributed by atoms with Gasteiger partial charge in [0, 0.05) is 36.4 Å². The molecule has 1 aromatic heterocycles. The van der Waals surface area contributed by atoms with Gasteiger partial charge in [-0.1, -0.05) is 6.07 Å². The van der Waals surface area contributed by atoms with Gasteiger partial charge in [-0.05, 0) is 44.2 Å². The predicted molar refractivity (Wildman–Crippen MR) is 73.7 cm³/mol. The number of hydrogen-bond donors (Lipinski definition) is 2. The number of nitrogens with one attached hydrogen (secondary N) is 2. The van der Waals surface area contributed by atoms with Crippen LogP contribution in [-0.2, 0) is 11.2 Å². The maximum atomic E-state index is 12.0. The fourth-order valence-corrected chi connectivity index (χ4v) is 3.26. The van der Waals surface area contributed by atoms with Crippen molar-refractivity contribution in [1.29, 1.82) is 0 Å². The summed E-state index contributed by atoms with van der Waals surface area (Å²) in [4.78, 5) is 16.2. The molecule has 2 aliphatic heterocycles. The van der Waals surface area contributed by atoms with Crippen LogP contribution in [0.1, 0.15) is 37.8 Å². The van der Waals surface area contributed by atoms with Crippen LogP contribution in [-0.4, -0.2) is 29.0 Å². The number of aryl methyl sites for hydroxylation is 1. The first-order valence-corrected chi connectivity index (χ1v) is 7.25. The predicted octanol–water partition coefficient (Wildman–Crippen LogP) is 1.41. The summed E-state index contributed by atoms with van der Waals surface area (Å²) in [5, 5.41) is 6.77. The van der Waals surface area contributed by atoms with Gasteiger partial charge in [-0.3, -0.25) is 9.78 Å². The third kappa shape index (κ3) is 3.32. The highest BCUT2D eigenvalue weighted by molar-refractivity contribution is 5.76. The van der Waals surface area contributed by atoms with Crippen LogP contribution in [0.25, 0.3) is 0 Å². The molecule has 3 rings (SSSR count). The van der Waals surface area contributed by atoms with Gasteiger partial charge in [-0.2, -0.15) is 0 Å². The van der Waals surface area contributed by atoms with E-state index in [0.717, 1.165) is 25.0 Å². The number of rotatable bonds is 4. The highest BCUT2D eigenvalue weighted by atomic mass is 16.1. The van der Waals surface area contributed by atoms with Crippen LogP contribution in [0.5, 0.6) is 0 Å². The molecular weight excluding hydrogens is 238 g/mol. The fourth-order valence-electron chi connectivity index (χ4n) is 3.26. The highest BCUT2D eigenvalue weighted by Gasteiger charge is 2.33. The van der Waals surface area contributed by atoms with E-state index in [1.54, 1.807) is 6.20 Å². The molecule has 0 aromatic carbocycles. The maximum Gasteiger partial charge on any atom is 0.220 e. The molecule has 2 fully saturated rings. The van der Waals surface area contributed by atoms with Gasteiger partial charge in [0.25, 0.3) is 0 Å². The van der Waals surface area contributed by atoms with Crippen molar-refractivity contribution in [3.63, 3.8) is 0 Å². The minimum atomic E-state index is 0.164. The molecule has 0 saturated carbocycles. The zero-order valence-electron chi connectivity index (χ0n) is 11.1. The molecule has 2 N–H and O–H groups in total. The standard InChI is InChI=1S/C15H21N3O/c19-15(7-6-11-3-1-2-8-16-11)18-14-9-12-4-5-13(10-14)17-12/h1-3,8,12-14,17H,4-7,9-10H2,(H,18,19). The monoisotopic (exact) mass is 259 g/mol. The van der Waals surface area contributed by atoms with Crippen molar-refractivity contribution in [3.8, 4) is 0 Å². The van der Waals surface area contributed by atoms with Crippen LogP contribution in [0.2, 0.25) is 0 Å². The van der Waals surface area contributed by atoms with Crippen molar-refractivity contribution in [2.24, 2.45) is 0 Å². The number of aromatic nitrogens is 1. The number of carbonyl (C=O) groups is 1. The van der Waals surface area contributed by atoms with E-state index in [0.29, 0.717) is 24.5 Å². The molecule has 0 spiro atoms. The third-order valence-corrected chi connectivity index (χ3v) is 4.17. The molecule has 2 aliphatic rings. The van der Waals surface area contributed by atoms with Crippen molar-refractivity contribution in [2.45, 2.75) is 56.7 Å². The number of nitrogens with zero attached hydrogens (tertiary/aromatic N) is 1. The molecular formula is C15H21N3O. The summed E-state index contributed by atoms with van der Waals surface area (Å²) < 4.78 is 0. The molecule has 102 valence electrons. The summed E-state index contributed by atoms with van der Waals surface area (Å²) in [7, 11) is 0. The van der Waals surface area contributed by atoms with Gasteiger partial charge in [0.15, 0.2) is 0 Å². The summed E-state index contributed by atoms with van der Waals surface area (Å²) in [5.74, 6) is 0.164. The van der Waals surface area contributed by atoms with Crippen LogP contribution in [0.15, 0.2) is 24.4 Å². The Morgan fingerprint density at radius 1 is 1.32 bits per heavy atom. The molecule has 2 saturated heterocycles. The molecule has 3 heterocycles. The quantitative estimate of drug-likeness (QED) is 0.859. The number of hydrogen-bond acceptors (Lipinski definition) is 3. The molecule has 19 heavy (non-hydrogen) atoms. The molecule has 1 aromatic rings. The largest absolute Gasteiger partial charge is 0.353 e. The highest BCUT2D eigenvalue weighted by Crippen LogP contribution is 2.26. The van der Waals surface area contributed by atoms with Crippen molar-refractivity contribution >= 4 is 5.91 Å². The van der Waals surface area contributed by atoms with E-state index in [1.165, 1.54) is 12.8 Å². The van der Waals surface area contributed by atoms with Crippen LogP contribution < -0.4 is 10.6 Å². The second-order valence-electron chi connectivity index (χ2n) is 5.69. The Morgan fingerprint density at radius 2 is 2.11 bits per heavy atom. The maximum absolute atomic E-state index is 12.0. The van der Waals surface area contributed by atoms with E-state index in [9.17, 15) is 4.79 Å². The number of pyridine rings is 1. The lowest BCUT2D eigenvalue weighted by Crippen LogP contribution is -2.48. The van der Waals surface area contributed by atoms with Crippen molar-refractivity contribution < 1.29 is 4.79 Å². The summed E-state index contributed by atoms with van der Waals surface area (Å²) in [6, 6.07) is 7.45. The number of carbonyl (C=O) groups excluding carboxylic acids is 1. The lowest BCUT2D eigenvalue weighted by molar-refractivity contribution is -0.122. The van der Waals surface area contributed by atoms with E-state index in [1.807, 2.05) is 18.2 Å². The smallest absolute Gasteiger partial charge is 0.220 e. The normalized spacial score (nSPS) is 29.2. The molecule has 0 radical (unpaired) electrons. The minimum Gasteiger partial charge on any atom is -0.353 e. The SMILES string of the molecule is O=C(CCc1ccccn1)NC1CC2CCC(C1)N2. The fraction of sp³-hybridized carbons (Fsp3) is 0.600. The van der Waals surface area contributed by atoms with Gasteiger partial charge >= 0.3 is 0 Å². The van der Waals surface area contributed by atoms with Gasteiger partial charge < -0.3 is 10.6 Å². The van der Waals surface area contributed by atoms with Crippen LogP contribution in [0, 0.1) is 0 Å². The molecule has 2 atom stereocenters. The van der Waals surface area contributed by atoms with Gasteiger partial charge in [0.05, 0.1) is 0 Å². The second-order valence-corrected chi connectivity index (χ2v) is 5.69. The average molecular weight is 259 g/mol. The number of fused-ring (bicyclic) bond motifs is 2. The van der Waals surface area contributed by atoms with E-state index >= 15 is 0 Å². The van der Waals surface area contributed by atoms with E-state index in [2.05, 4.69) is 15.6 Å². The summed E-state index contributed by atoms with van der Waals surface area (Å²) in [5.41, 5.74) is 0.989. The van der Waals surface area contributed by atoms with Crippen LogP contribution >= 0.6 is 0 Å². The first kappa shape index (κ1) is 12.6. The summed E-state index contributed by atoms with van der Waals surface area (Å²) in [6.07, 6.45) is 7.76. The molecule has 1 amide bonds. The summed E-state index contributed by atoms with van der Waals surface area (Å²) >= 11 is 0. The van der Waals surface area contributed by atoms with E-state index in [4.69, 9.17) is 0 Å². The lowest BCUT2D eigenvalue weighted by atomic mass is 9.99. The molecule has 4 heteroatoms. The molecule has 4 nitrogen and oxygen atoms in total. The zero-order chi connectivity index (χ0) is 13.1. The van der Waals surface area contributed by atoms with Crippen molar-refractivity contribution in [2.75, 3.05) is 0 Å². The molecule has 2 unspecified atom stereocenters. The van der Waals surface area contributed by atoms with Crippen molar-refractivity contribution in [3.05, 3.63) is 30.1 Å². The number of amides is 1. The Hall–Kier alpha value is -1.42. The Labute approximate surface area is 114 Å². The molecule has 2 bridgehead atoms. The van der Waals surface area contributed by atoms with Gasteiger partial charge in [-0.25, -0.2) is 0 Å². The Morgan fingerprint density at radius 3 is 2.79 bits per heavy atom. The zero-order valence-corrected chi connectivity index (χ0v) is 11.1. The summed E-state index contributed by atoms with van der Waals surface area (Å²) in [6.45, 7) is 0. The van der Waals surface area contributed by atoms with E-state index in [-0.39, 0.29) is 5.91 Å². The minimum absolute atomic E-state index is 0.164. The van der Waals surface area contributed by atoms with Gasteiger partial charge in [-0.15, -0.1) is 0 Å². The van der Waals surface area contributed by atoms with Gasteiger partial charge in [0.1, 0.15) is 0 Å². The topological polar surface area (TPSA) is 54.0 Å². The Balaban J connectivity index is 1.44. The van der Waals surface area contributed by atoms with Crippen LogP contribution in [0.4, 0.5) is 0 Å². The molecule has 0 aliphatic carbocycles. The average Bonchev–Trinajstić information content (AvgIpc) is 2.77. The first-order valence-electron chi connectivity index (χ1n) is 7.25. The second kappa shape index (κ2) is 5.70. The van der Waals surface area contributed by atoms with E-state index < -0.39 is 0 Å². The van der Waals surface area contributed by atoms with Crippen LogP contribution in [0.3, 0.4) is 0 Å². The van der Waals surface area contributed by atoms with Gasteiger partial charge in [0.2, 0.25) is 5.91 Å². The van der Waals surface area contributed by atoms with Crippen molar-refractivity contribution in [1.82, 2.24) is 15.6 Å². The third-order valence-electron chi connectivity index (χ3n) is 4.17. The first-order chi connectivity index (χ1) is 9.29. The Kier molecular flexibility index (Phi) is 3.78.